The van der Waals surface area contributed by atoms with E-state index < -0.39 is 0 Å². The van der Waals surface area contributed by atoms with Gasteiger partial charge in [-0.2, -0.15) is 5.10 Å². The van der Waals surface area contributed by atoms with Gasteiger partial charge in [-0.1, -0.05) is 0 Å². The van der Waals surface area contributed by atoms with Crippen LogP contribution >= 0.6 is 0 Å². The lowest BCUT2D eigenvalue weighted by atomic mass is 10.2. The maximum atomic E-state index is 4.45. The number of hydrogen-bond donors (Lipinski definition) is 0. The van der Waals surface area contributed by atoms with Gasteiger partial charge in [-0.3, -0.25) is 4.68 Å². The van der Waals surface area contributed by atoms with Crippen LogP contribution in [0.15, 0.2) is 24.9 Å². The highest BCUT2D eigenvalue weighted by Crippen LogP contribution is 2.20. The third kappa shape index (κ3) is 1.54. The van der Waals surface area contributed by atoms with Crippen LogP contribution in [-0.2, 0) is 7.05 Å². The Kier molecular flexibility index (Phi) is 2.07. The Morgan fingerprint density at radius 3 is 2.76 bits per heavy atom. The normalized spacial score (nSPS) is 10.9. The van der Waals surface area contributed by atoms with Gasteiger partial charge in [0.25, 0.3) is 0 Å². The molecule has 0 fully saturated rings. The molecule has 0 radical (unpaired) electrons. The first kappa shape index (κ1) is 9.83. The molecule has 3 rings (SSSR count). The summed E-state index contributed by atoms with van der Waals surface area (Å²) < 4.78 is 1.81. The lowest BCUT2D eigenvalue weighted by Gasteiger charge is -2.00. The van der Waals surface area contributed by atoms with Crippen molar-refractivity contribution in [2.45, 2.75) is 6.92 Å². The van der Waals surface area contributed by atoms with E-state index in [2.05, 4.69) is 25.0 Å². The fraction of sp³-hybridized carbons (Fsp3) is 0.182. The first-order valence-corrected chi connectivity index (χ1v) is 5.17. The fourth-order valence-corrected chi connectivity index (χ4v) is 1.65. The molecule has 0 spiro atoms. The predicted octanol–water partition coefficient (Wildman–Crippen LogP) is 1.13. The van der Waals surface area contributed by atoms with Gasteiger partial charge in [0.15, 0.2) is 5.65 Å². The van der Waals surface area contributed by atoms with Crippen molar-refractivity contribution in [2.24, 2.45) is 7.05 Å². The van der Waals surface area contributed by atoms with Gasteiger partial charge in [0.2, 0.25) is 0 Å². The second-order valence-corrected chi connectivity index (χ2v) is 3.75. The Labute approximate surface area is 97.4 Å². The van der Waals surface area contributed by atoms with E-state index in [-0.39, 0.29) is 0 Å². The SMILES string of the molecule is Cc1c(-c2cnc3cncnc3n2)cnn1C. The first-order valence-electron chi connectivity index (χ1n) is 5.17. The molecular formula is C11H10N6. The van der Waals surface area contributed by atoms with Crippen LogP contribution in [0.1, 0.15) is 5.69 Å². The molecule has 3 aromatic heterocycles. The van der Waals surface area contributed by atoms with Crippen LogP contribution in [0.4, 0.5) is 0 Å². The standard InChI is InChI=1S/C11H10N6/c1-7-8(3-15-17(7)2)9-5-13-10-4-12-6-14-11(10)16-9/h3-6H,1-2H3. The summed E-state index contributed by atoms with van der Waals surface area (Å²) in [5.41, 5.74) is 4.09. The summed E-state index contributed by atoms with van der Waals surface area (Å²) in [4.78, 5) is 16.7. The average molecular weight is 226 g/mol. The number of aromatic nitrogens is 6. The summed E-state index contributed by atoms with van der Waals surface area (Å²) in [5.74, 6) is 0. The Morgan fingerprint density at radius 1 is 1.12 bits per heavy atom. The lowest BCUT2D eigenvalue weighted by Crippen LogP contribution is -1.95. The molecule has 3 heterocycles. The van der Waals surface area contributed by atoms with E-state index >= 15 is 0 Å². The maximum absolute atomic E-state index is 4.45. The molecule has 0 aliphatic carbocycles. The van der Waals surface area contributed by atoms with E-state index in [1.54, 1.807) is 23.3 Å². The number of aryl methyl sites for hydroxylation is 1. The van der Waals surface area contributed by atoms with E-state index in [4.69, 9.17) is 0 Å². The molecule has 0 aromatic carbocycles. The predicted molar refractivity (Wildman–Crippen MR) is 62.1 cm³/mol. The summed E-state index contributed by atoms with van der Waals surface area (Å²) in [6.07, 6.45) is 6.62. The zero-order valence-electron chi connectivity index (χ0n) is 9.49. The largest absolute Gasteiger partial charge is 0.272 e. The van der Waals surface area contributed by atoms with E-state index in [1.165, 1.54) is 6.33 Å². The minimum atomic E-state index is 0.598. The summed E-state index contributed by atoms with van der Waals surface area (Å²) in [7, 11) is 1.90. The molecular weight excluding hydrogens is 216 g/mol. The van der Waals surface area contributed by atoms with E-state index in [1.807, 2.05) is 14.0 Å². The summed E-state index contributed by atoms with van der Waals surface area (Å²) in [6.45, 7) is 1.99. The van der Waals surface area contributed by atoms with Crippen molar-refractivity contribution in [2.75, 3.05) is 0 Å². The number of hydrogen-bond acceptors (Lipinski definition) is 5. The third-order valence-electron chi connectivity index (χ3n) is 2.74. The summed E-state index contributed by atoms with van der Waals surface area (Å²) in [5, 5.41) is 4.19. The zero-order chi connectivity index (χ0) is 11.8. The van der Waals surface area contributed by atoms with Gasteiger partial charge >= 0.3 is 0 Å². The highest BCUT2D eigenvalue weighted by atomic mass is 15.3. The van der Waals surface area contributed by atoms with Gasteiger partial charge < -0.3 is 0 Å². The maximum Gasteiger partial charge on any atom is 0.181 e. The molecule has 3 aromatic rings. The molecule has 0 bridgehead atoms. The van der Waals surface area contributed by atoms with E-state index in [0.29, 0.717) is 11.2 Å². The van der Waals surface area contributed by atoms with Gasteiger partial charge in [0.05, 0.1) is 24.3 Å². The van der Waals surface area contributed by atoms with Gasteiger partial charge in [-0.15, -0.1) is 0 Å². The van der Waals surface area contributed by atoms with Crippen LogP contribution < -0.4 is 0 Å². The van der Waals surface area contributed by atoms with Crippen molar-refractivity contribution in [3.8, 4) is 11.3 Å². The number of nitrogens with zero attached hydrogens (tertiary/aromatic N) is 6. The zero-order valence-corrected chi connectivity index (χ0v) is 9.49. The molecule has 0 aliphatic heterocycles. The molecule has 0 N–H and O–H groups in total. The molecule has 0 saturated carbocycles. The van der Waals surface area contributed by atoms with Crippen molar-refractivity contribution in [3.05, 3.63) is 30.6 Å². The van der Waals surface area contributed by atoms with Gasteiger partial charge in [0.1, 0.15) is 11.8 Å². The van der Waals surface area contributed by atoms with Crippen molar-refractivity contribution in [1.82, 2.24) is 29.7 Å². The van der Waals surface area contributed by atoms with Gasteiger partial charge in [-0.25, -0.2) is 19.9 Å². The summed E-state index contributed by atoms with van der Waals surface area (Å²) in [6, 6.07) is 0. The Morgan fingerprint density at radius 2 is 2.00 bits per heavy atom. The monoisotopic (exact) mass is 226 g/mol. The van der Waals surface area contributed by atoms with Crippen molar-refractivity contribution in [1.29, 1.82) is 0 Å². The summed E-state index contributed by atoms with van der Waals surface area (Å²) >= 11 is 0. The van der Waals surface area contributed by atoms with Crippen molar-refractivity contribution >= 4 is 11.2 Å². The minimum Gasteiger partial charge on any atom is -0.272 e. The second-order valence-electron chi connectivity index (χ2n) is 3.75. The Bertz CT molecular complexity index is 687. The highest BCUT2D eigenvalue weighted by Gasteiger charge is 2.09. The molecule has 0 aliphatic rings. The molecule has 6 nitrogen and oxygen atoms in total. The van der Waals surface area contributed by atoms with Gasteiger partial charge in [-0.05, 0) is 6.92 Å². The average Bonchev–Trinajstić information content (AvgIpc) is 2.70. The quantitative estimate of drug-likeness (QED) is 0.622. The second kappa shape index (κ2) is 3.58. The van der Waals surface area contributed by atoms with E-state index in [9.17, 15) is 0 Å². The Hall–Kier alpha value is -2.37. The van der Waals surface area contributed by atoms with Gasteiger partial charge in [0, 0.05) is 18.3 Å². The van der Waals surface area contributed by atoms with Crippen LogP contribution in [0.5, 0.6) is 0 Å². The molecule has 0 amide bonds. The molecule has 17 heavy (non-hydrogen) atoms. The lowest BCUT2D eigenvalue weighted by molar-refractivity contribution is 0.740. The van der Waals surface area contributed by atoms with Crippen LogP contribution in [0.25, 0.3) is 22.4 Å². The van der Waals surface area contributed by atoms with Crippen LogP contribution in [0.2, 0.25) is 0 Å². The molecule has 84 valence electrons. The molecule has 6 heteroatoms. The van der Waals surface area contributed by atoms with Crippen molar-refractivity contribution in [3.63, 3.8) is 0 Å². The third-order valence-corrected chi connectivity index (χ3v) is 2.74. The fourth-order valence-electron chi connectivity index (χ4n) is 1.65. The topological polar surface area (TPSA) is 69.4 Å². The highest BCUT2D eigenvalue weighted by molar-refractivity contribution is 5.72. The van der Waals surface area contributed by atoms with Crippen LogP contribution in [0, 0.1) is 6.92 Å². The number of rotatable bonds is 1. The van der Waals surface area contributed by atoms with E-state index in [0.717, 1.165) is 17.0 Å². The van der Waals surface area contributed by atoms with Crippen molar-refractivity contribution < 1.29 is 0 Å². The van der Waals surface area contributed by atoms with Crippen LogP contribution in [0.3, 0.4) is 0 Å². The Balaban J connectivity index is 2.21. The number of fused-ring (bicyclic) bond motifs is 1. The smallest absolute Gasteiger partial charge is 0.181 e. The molecule has 0 atom stereocenters. The first-order chi connectivity index (χ1) is 8.25. The molecule has 0 saturated heterocycles. The minimum absolute atomic E-state index is 0.598. The molecule has 0 unspecified atom stereocenters. The van der Waals surface area contributed by atoms with Crippen LogP contribution in [-0.4, -0.2) is 29.7 Å².